The van der Waals surface area contributed by atoms with Crippen molar-refractivity contribution in [1.29, 1.82) is 0 Å². The molecule has 3 heterocycles. The summed E-state index contributed by atoms with van der Waals surface area (Å²) in [5.74, 6) is -0.219. The summed E-state index contributed by atoms with van der Waals surface area (Å²) in [7, 11) is 0. The van der Waals surface area contributed by atoms with Crippen LogP contribution < -0.4 is 10.1 Å². The molecule has 0 unspecified atom stereocenters. The lowest BCUT2D eigenvalue weighted by molar-refractivity contribution is 0.600. The van der Waals surface area contributed by atoms with Crippen molar-refractivity contribution in [3.63, 3.8) is 0 Å². The van der Waals surface area contributed by atoms with E-state index in [-0.39, 0.29) is 11.4 Å². The highest BCUT2D eigenvalue weighted by atomic mass is 32.1. The van der Waals surface area contributed by atoms with E-state index in [9.17, 15) is 9.18 Å². The second-order valence-corrected chi connectivity index (χ2v) is 9.77. The lowest BCUT2D eigenvalue weighted by Gasteiger charge is -2.09. The van der Waals surface area contributed by atoms with Gasteiger partial charge in [0.2, 0.25) is 0 Å². The number of benzene rings is 3. The highest BCUT2D eigenvalue weighted by molar-refractivity contribution is 7.15. The smallest absolute Gasteiger partial charge is 0.274 e. The third kappa shape index (κ3) is 3.10. The Balaban J connectivity index is 1.58. The first kappa shape index (κ1) is 20.8. The largest absolute Gasteiger partial charge is 0.340 e. The molecule has 34 heavy (non-hydrogen) atoms. The van der Waals surface area contributed by atoms with Crippen LogP contribution in [0.15, 0.2) is 65.5 Å². The topological polar surface area (TPSA) is 39.3 Å². The second kappa shape index (κ2) is 7.64. The zero-order chi connectivity index (χ0) is 23.6. The summed E-state index contributed by atoms with van der Waals surface area (Å²) in [5, 5.41) is 1.04. The van der Waals surface area contributed by atoms with Crippen molar-refractivity contribution in [2.75, 3.05) is 0 Å². The van der Waals surface area contributed by atoms with Crippen molar-refractivity contribution in [2.24, 2.45) is 0 Å². The first-order valence-corrected chi connectivity index (χ1v) is 12.0. The van der Waals surface area contributed by atoms with Gasteiger partial charge in [0.15, 0.2) is 4.96 Å². The van der Waals surface area contributed by atoms with Crippen molar-refractivity contribution in [1.82, 2.24) is 14.0 Å². The van der Waals surface area contributed by atoms with E-state index in [0.29, 0.717) is 21.6 Å². The van der Waals surface area contributed by atoms with Crippen LogP contribution in [0.1, 0.15) is 27.9 Å². The summed E-state index contributed by atoms with van der Waals surface area (Å²) in [6, 6.07) is 19.0. The maximum atomic E-state index is 14.4. The molecular formula is C28H22FN3OS. The Labute approximate surface area is 199 Å². The Bertz CT molecular complexity index is 1860. The zero-order valence-corrected chi connectivity index (χ0v) is 19.9. The predicted molar refractivity (Wildman–Crippen MR) is 137 cm³/mol. The third-order valence-electron chi connectivity index (χ3n) is 6.70. The van der Waals surface area contributed by atoms with Crippen LogP contribution in [-0.4, -0.2) is 14.0 Å². The minimum Gasteiger partial charge on any atom is -0.340 e. The van der Waals surface area contributed by atoms with Crippen molar-refractivity contribution >= 4 is 44.3 Å². The number of thiazole rings is 1. The Kier molecular flexibility index (Phi) is 4.67. The second-order valence-electron chi connectivity index (χ2n) is 8.76. The monoisotopic (exact) mass is 467 g/mol. The van der Waals surface area contributed by atoms with Gasteiger partial charge in [-0.2, -0.15) is 0 Å². The molecule has 0 radical (unpaired) electrons. The van der Waals surface area contributed by atoms with Gasteiger partial charge in [0.1, 0.15) is 5.82 Å². The molecule has 6 aromatic rings. The molecule has 0 bridgehead atoms. The number of hydrogen-bond donors (Lipinski definition) is 0. The summed E-state index contributed by atoms with van der Waals surface area (Å²) in [5.41, 5.74) is 7.54. The summed E-state index contributed by atoms with van der Waals surface area (Å²) in [6.07, 6.45) is 1.96. The van der Waals surface area contributed by atoms with E-state index in [0.717, 1.165) is 44.3 Å². The number of aryl methyl sites for hydroxylation is 2. The Morgan fingerprint density at radius 1 is 0.971 bits per heavy atom. The van der Waals surface area contributed by atoms with Gasteiger partial charge in [-0.1, -0.05) is 47.7 Å². The number of imidazole rings is 1. The molecule has 0 atom stereocenters. The first-order valence-electron chi connectivity index (χ1n) is 11.2. The number of rotatable bonds is 3. The fourth-order valence-corrected chi connectivity index (χ4v) is 5.66. The molecule has 0 amide bonds. The van der Waals surface area contributed by atoms with E-state index in [4.69, 9.17) is 4.98 Å². The molecule has 0 fully saturated rings. The molecule has 3 aromatic carbocycles. The summed E-state index contributed by atoms with van der Waals surface area (Å²) in [6.45, 7) is 6.55. The molecule has 0 saturated carbocycles. The molecule has 0 aliphatic heterocycles. The number of nitrogens with zero attached hydrogens (tertiary/aromatic N) is 3. The van der Waals surface area contributed by atoms with Crippen molar-refractivity contribution < 1.29 is 4.39 Å². The molecule has 0 saturated heterocycles. The fourth-order valence-electron chi connectivity index (χ4n) is 4.69. The van der Waals surface area contributed by atoms with Crippen LogP contribution in [0.5, 0.6) is 0 Å². The molecule has 3 aromatic heterocycles. The minimum atomic E-state index is -0.219. The van der Waals surface area contributed by atoms with E-state index in [1.165, 1.54) is 17.4 Å². The fraction of sp³-hybridized carbons (Fsp3) is 0.143. The number of aromatic nitrogens is 3. The number of hydrogen-bond acceptors (Lipinski definition) is 3. The van der Waals surface area contributed by atoms with Gasteiger partial charge in [0, 0.05) is 27.7 Å². The third-order valence-corrected chi connectivity index (χ3v) is 7.66. The molecule has 0 aliphatic carbocycles. The number of halogens is 1. The Morgan fingerprint density at radius 3 is 2.53 bits per heavy atom. The summed E-state index contributed by atoms with van der Waals surface area (Å²) in [4.78, 5) is 18.8. The van der Waals surface area contributed by atoms with Gasteiger partial charge in [0.05, 0.1) is 22.1 Å². The van der Waals surface area contributed by atoms with Crippen LogP contribution in [0, 0.1) is 26.6 Å². The van der Waals surface area contributed by atoms with E-state index in [1.807, 2.05) is 62.4 Å². The van der Waals surface area contributed by atoms with Gasteiger partial charge in [0.25, 0.3) is 5.56 Å². The van der Waals surface area contributed by atoms with Gasteiger partial charge in [-0.05, 0) is 62.2 Å². The highest BCUT2D eigenvalue weighted by Gasteiger charge is 2.16. The van der Waals surface area contributed by atoms with Crippen LogP contribution in [-0.2, 0) is 6.54 Å². The molecule has 168 valence electrons. The van der Waals surface area contributed by atoms with E-state index < -0.39 is 0 Å². The number of para-hydroxylation sites is 1. The van der Waals surface area contributed by atoms with Crippen molar-refractivity contribution in [3.05, 3.63) is 109 Å². The van der Waals surface area contributed by atoms with Crippen molar-refractivity contribution in [2.45, 2.75) is 27.3 Å². The molecule has 4 nitrogen and oxygen atoms in total. The van der Waals surface area contributed by atoms with Gasteiger partial charge >= 0.3 is 0 Å². The van der Waals surface area contributed by atoms with Crippen LogP contribution in [0.3, 0.4) is 0 Å². The van der Waals surface area contributed by atoms with E-state index >= 15 is 0 Å². The van der Waals surface area contributed by atoms with Gasteiger partial charge < -0.3 is 4.57 Å². The van der Waals surface area contributed by atoms with Crippen molar-refractivity contribution in [3.8, 4) is 0 Å². The molecular weight excluding hydrogens is 445 g/mol. The summed E-state index contributed by atoms with van der Waals surface area (Å²) < 4.78 is 18.9. The normalized spacial score (nSPS) is 12.5. The van der Waals surface area contributed by atoms with Gasteiger partial charge in [-0.3, -0.25) is 4.79 Å². The maximum Gasteiger partial charge on any atom is 0.274 e. The SMILES string of the molecule is Cc1cc2nc3s/c(=C\c4c(C)n(Cc5ccccc5F)c5ccccc45)c(=O)n3c2cc1C. The van der Waals surface area contributed by atoms with Crippen LogP contribution in [0.2, 0.25) is 0 Å². The maximum absolute atomic E-state index is 14.4. The molecule has 0 spiro atoms. The number of fused-ring (bicyclic) bond motifs is 4. The zero-order valence-electron chi connectivity index (χ0n) is 19.1. The molecule has 0 aliphatic rings. The highest BCUT2D eigenvalue weighted by Crippen LogP contribution is 2.28. The van der Waals surface area contributed by atoms with E-state index in [1.54, 1.807) is 10.5 Å². The molecule has 6 rings (SSSR count). The average molecular weight is 468 g/mol. The van der Waals surface area contributed by atoms with Gasteiger partial charge in [-0.25, -0.2) is 13.8 Å². The average Bonchev–Trinajstić information content (AvgIpc) is 3.41. The lowest BCUT2D eigenvalue weighted by Crippen LogP contribution is -2.22. The van der Waals surface area contributed by atoms with E-state index in [2.05, 4.69) is 17.6 Å². The molecule has 6 heteroatoms. The standard InChI is InChI=1S/C28H22FN3OS/c1-16-12-23-25(13-17(16)2)32-27(33)26(34-28(32)30-23)14-21-18(3)31(24-11-7-5-9-20(21)24)15-19-8-4-6-10-22(19)29/h4-14H,15H2,1-3H3/b26-14-. The molecule has 0 N–H and O–H groups in total. The van der Waals surface area contributed by atoms with Crippen LogP contribution >= 0.6 is 11.3 Å². The quantitative estimate of drug-likeness (QED) is 0.344. The van der Waals surface area contributed by atoms with Gasteiger partial charge in [-0.15, -0.1) is 0 Å². The Hall–Kier alpha value is -3.77. The summed E-state index contributed by atoms with van der Waals surface area (Å²) >= 11 is 1.40. The lowest BCUT2D eigenvalue weighted by atomic mass is 10.1. The Morgan fingerprint density at radius 2 is 1.71 bits per heavy atom. The van der Waals surface area contributed by atoms with Crippen LogP contribution in [0.25, 0.3) is 33.0 Å². The predicted octanol–water partition coefficient (Wildman–Crippen LogP) is 5.52. The first-order chi connectivity index (χ1) is 16.4. The minimum absolute atomic E-state index is 0.0592. The van der Waals surface area contributed by atoms with Crippen LogP contribution in [0.4, 0.5) is 4.39 Å².